The first-order chi connectivity index (χ1) is 31.3. The molecule has 0 N–H and O–H groups in total. The van der Waals surface area contributed by atoms with E-state index in [-0.39, 0.29) is 13.4 Å². The predicted molar refractivity (Wildman–Crippen MR) is 264 cm³/mol. The molecule has 0 amide bonds. The summed E-state index contributed by atoms with van der Waals surface area (Å²) >= 11 is 0. The molecule has 2 aliphatic rings. The van der Waals surface area contributed by atoms with Crippen LogP contribution in [0.4, 0.5) is 34.1 Å². The monoisotopic (exact) mass is 803 g/mol. The SMILES string of the molecule is c1ccc(B2c3ccccc3N(c3ccc(-c4nnc(-c5ccc(N6c7ccccc7B(c7ccccc7)c7ccccc76)cc5)n4-c4ccccc4)cc3)c3ccccc32)cc1. The normalized spacial score (nSPS) is 12.6. The Hall–Kier alpha value is -8.15. The molecule has 0 bridgehead atoms. The molecule has 0 saturated heterocycles. The van der Waals surface area contributed by atoms with Gasteiger partial charge < -0.3 is 9.80 Å². The summed E-state index contributed by atoms with van der Waals surface area (Å²) in [6.07, 6.45) is 0. The largest absolute Gasteiger partial charge is 0.312 e. The van der Waals surface area contributed by atoms with Crippen LogP contribution < -0.4 is 42.6 Å². The van der Waals surface area contributed by atoms with Gasteiger partial charge in [-0.25, -0.2) is 0 Å². The fraction of sp³-hybridized carbons (Fsp3) is 0. The zero-order valence-electron chi connectivity index (χ0n) is 34.4. The highest BCUT2D eigenvalue weighted by atomic mass is 15.3. The van der Waals surface area contributed by atoms with Crippen molar-refractivity contribution in [2.24, 2.45) is 0 Å². The highest BCUT2D eigenvalue weighted by Gasteiger charge is 2.36. The van der Waals surface area contributed by atoms with Crippen LogP contribution in [0.15, 0.2) is 237 Å². The fourth-order valence-corrected chi connectivity index (χ4v) is 9.90. The van der Waals surface area contributed by atoms with E-state index in [2.05, 4.69) is 245 Å². The lowest BCUT2D eigenvalue weighted by molar-refractivity contribution is 1.07. The molecular weight excluding hydrogens is 764 g/mol. The summed E-state index contributed by atoms with van der Waals surface area (Å²) in [7, 11) is 0. The number of fused-ring (bicyclic) bond motifs is 4. The van der Waals surface area contributed by atoms with E-state index in [0.29, 0.717) is 0 Å². The second-order valence-electron chi connectivity index (χ2n) is 16.2. The maximum absolute atomic E-state index is 4.89. The van der Waals surface area contributed by atoms with Gasteiger partial charge in [-0.2, -0.15) is 0 Å². The molecule has 3 heterocycles. The molecule has 9 aromatic carbocycles. The lowest BCUT2D eigenvalue weighted by atomic mass is 9.35. The van der Waals surface area contributed by atoms with Crippen molar-refractivity contribution >= 4 is 80.3 Å². The third-order valence-corrected chi connectivity index (χ3v) is 12.7. The predicted octanol–water partition coefficient (Wildman–Crippen LogP) is 9.20. The molecule has 0 fully saturated rings. The molecule has 10 aromatic rings. The van der Waals surface area contributed by atoms with Gasteiger partial charge in [0.05, 0.1) is 0 Å². The Labute approximate surface area is 368 Å². The number of rotatable bonds is 7. The molecule has 0 unspecified atom stereocenters. The molecule has 12 rings (SSSR count). The van der Waals surface area contributed by atoms with E-state index in [1.54, 1.807) is 0 Å². The molecule has 0 atom stereocenters. The average Bonchev–Trinajstić information content (AvgIpc) is 3.81. The minimum Gasteiger partial charge on any atom is -0.312 e. The number of benzene rings is 9. The minimum absolute atomic E-state index is 0.143. The Morgan fingerprint density at radius 2 is 0.571 bits per heavy atom. The average molecular weight is 804 g/mol. The van der Waals surface area contributed by atoms with Crippen molar-refractivity contribution in [1.29, 1.82) is 0 Å². The van der Waals surface area contributed by atoms with Crippen molar-refractivity contribution in [1.82, 2.24) is 14.8 Å². The Kier molecular flexibility index (Phi) is 8.96. The topological polar surface area (TPSA) is 37.2 Å². The summed E-state index contributed by atoms with van der Waals surface area (Å²) in [6, 6.07) is 84.8. The lowest BCUT2D eigenvalue weighted by Crippen LogP contribution is -2.57. The highest BCUT2D eigenvalue weighted by molar-refractivity contribution is 6.98. The highest BCUT2D eigenvalue weighted by Crippen LogP contribution is 2.39. The smallest absolute Gasteiger partial charge is 0.246 e. The van der Waals surface area contributed by atoms with Crippen LogP contribution in [-0.2, 0) is 0 Å². The van der Waals surface area contributed by atoms with Crippen LogP contribution in [0.3, 0.4) is 0 Å². The molecule has 63 heavy (non-hydrogen) atoms. The molecule has 294 valence electrons. The van der Waals surface area contributed by atoms with E-state index >= 15 is 0 Å². The second-order valence-corrected chi connectivity index (χ2v) is 16.2. The van der Waals surface area contributed by atoms with Crippen molar-refractivity contribution in [2.75, 3.05) is 9.80 Å². The van der Waals surface area contributed by atoms with Gasteiger partial charge in [-0.3, -0.25) is 4.57 Å². The third-order valence-electron chi connectivity index (χ3n) is 12.7. The summed E-state index contributed by atoms with van der Waals surface area (Å²) in [5.74, 6) is 1.56. The Morgan fingerprint density at radius 1 is 0.270 bits per heavy atom. The molecule has 1 aromatic heterocycles. The van der Waals surface area contributed by atoms with Gasteiger partial charge in [0.25, 0.3) is 0 Å². The van der Waals surface area contributed by atoms with Crippen LogP contribution in [0.5, 0.6) is 0 Å². The van der Waals surface area contributed by atoms with Crippen molar-refractivity contribution in [3.05, 3.63) is 237 Å². The fourth-order valence-electron chi connectivity index (χ4n) is 9.90. The summed E-state index contributed by atoms with van der Waals surface area (Å²) in [6.45, 7) is 0.286. The minimum atomic E-state index is 0.143. The van der Waals surface area contributed by atoms with Crippen molar-refractivity contribution < 1.29 is 0 Å². The van der Waals surface area contributed by atoms with Crippen LogP contribution in [0.25, 0.3) is 28.5 Å². The maximum Gasteiger partial charge on any atom is 0.246 e. The zero-order valence-corrected chi connectivity index (χ0v) is 34.4. The van der Waals surface area contributed by atoms with Gasteiger partial charge in [-0.05, 0) is 107 Å². The van der Waals surface area contributed by atoms with Gasteiger partial charge in [-0.15, -0.1) is 10.2 Å². The number of anilines is 6. The number of aromatic nitrogens is 3. The molecule has 0 saturated carbocycles. The van der Waals surface area contributed by atoms with Crippen LogP contribution in [0, 0.1) is 0 Å². The van der Waals surface area contributed by atoms with Crippen LogP contribution in [0.2, 0.25) is 0 Å². The summed E-state index contributed by atoms with van der Waals surface area (Å²) in [5.41, 5.74) is 17.6. The lowest BCUT2D eigenvalue weighted by Gasteiger charge is -2.37. The van der Waals surface area contributed by atoms with Crippen molar-refractivity contribution in [3.63, 3.8) is 0 Å². The van der Waals surface area contributed by atoms with Crippen LogP contribution in [-0.4, -0.2) is 28.2 Å². The van der Waals surface area contributed by atoms with E-state index in [1.807, 2.05) is 6.07 Å². The second kappa shape index (κ2) is 15.4. The first kappa shape index (κ1) is 36.7. The van der Waals surface area contributed by atoms with E-state index in [1.165, 1.54) is 55.5 Å². The van der Waals surface area contributed by atoms with Gasteiger partial charge >= 0.3 is 0 Å². The van der Waals surface area contributed by atoms with Gasteiger partial charge in [0.15, 0.2) is 11.6 Å². The van der Waals surface area contributed by atoms with Crippen molar-refractivity contribution in [3.8, 4) is 28.5 Å². The first-order valence-electron chi connectivity index (χ1n) is 21.6. The molecular formula is C56H39B2N5. The third kappa shape index (κ3) is 6.20. The molecule has 7 heteroatoms. The van der Waals surface area contributed by atoms with Gasteiger partial charge in [-0.1, -0.05) is 163 Å². The van der Waals surface area contributed by atoms with E-state index in [4.69, 9.17) is 10.2 Å². The first-order valence-corrected chi connectivity index (χ1v) is 21.6. The molecule has 5 nitrogen and oxygen atoms in total. The quantitative estimate of drug-likeness (QED) is 0.151. The van der Waals surface area contributed by atoms with E-state index in [9.17, 15) is 0 Å². The number of nitrogens with zero attached hydrogens (tertiary/aromatic N) is 5. The van der Waals surface area contributed by atoms with E-state index in [0.717, 1.165) is 39.8 Å². The Morgan fingerprint density at radius 3 is 0.921 bits per heavy atom. The summed E-state index contributed by atoms with van der Waals surface area (Å²) < 4.78 is 2.18. The molecule has 0 aliphatic carbocycles. The standard InChI is InChI=1S/C56H39B2N5/c1-4-18-42(19-5-1)57-47-24-10-14-28-51(47)61(52-29-15-11-25-48(52)57)45-36-32-40(33-37-45)55-59-60-56(63(55)44-22-8-3-9-23-44)41-34-38-46(39-35-41)62-53-30-16-12-26-49(53)58(43-20-6-2-7-21-43)50-27-13-17-31-54(50)62/h1-39H. The molecule has 0 spiro atoms. The van der Waals surface area contributed by atoms with Gasteiger partial charge in [0.2, 0.25) is 13.4 Å². The van der Waals surface area contributed by atoms with E-state index < -0.39 is 0 Å². The number of hydrogen-bond donors (Lipinski definition) is 0. The summed E-state index contributed by atoms with van der Waals surface area (Å²) in [5, 5.41) is 9.79. The number of hydrogen-bond acceptors (Lipinski definition) is 4. The zero-order chi connectivity index (χ0) is 41.7. The van der Waals surface area contributed by atoms with Crippen LogP contribution in [0.1, 0.15) is 0 Å². The number of para-hydroxylation sites is 5. The van der Waals surface area contributed by atoms with Crippen molar-refractivity contribution in [2.45, 2.75) is 0 Å². The summed E-state index contributed by atoms with van der Waals surface area (Å²) in [4.78, 5) is 4.79. The molecule has 0 radical (unpaired) electrons. The van der Waals surface area contributed by atoms with Gasteiger partial charge in [0, 0.05) is 50.9 Å². The maximum atomic E-state index is 4.89. The van der Waals surface area contributed by atoms with Crippen LogP contribution >= 0.6 is 0 Å². The van der Waals surface area contributed by atoms with Gasteiger partial charge in [0.1, 0.15) is 0 Å². The Balaban J connectivity index is 0.916. The Bertz CT molecular complexity index is 2950. The molecule has 2 aliphatic heterocycles.